The minimum absolute atomic E-state index is 0.0208. The summed E-state index contributed by atoms with van der Waals surface area (Å²) in [5.41, 5.74) is 0.431. The van der Waals surface area contributed by atoms with E-state index < -0.39 is 0 Å². The van der Waals surface area contributed by atoms with Crippen LogP contribution in [0.1, 0.15) is 44.1 Å². The predicted molar refractivity (Wildman–Crippen MR) is 67.7 cm³/mol. The van der Waals surface area contributed by atoms with Crippen LogP contribution >= 0.6 is 0 Å². The first-order chi connectivity index (χ1) is 8.22. The second-order valence-corrected chi connectivity index (χ2v) is 4.12. The van der Waals surface area contributed by atoms with E-state index in [0.717, 1.165) is 19.4 Å². The van der Waals surface area contributed by atoms with E-state index in [1.54, 1.807) is 12.4 Å². The molecule has 1 amide bonds. The first-order valence-corrected chi connectivity index (χ1v) is 6.28. The van der Waals surface area contributed by atoms with Crippen molar-refractivity contribution in [1.29, 1.82) is 0 Å². The van der Waals surface area contributed by atoms with Crippen molar-refractivity contribution in [2.75, 3.05) is 13.1 Å². The zero-order chi connectivity index (χ0) is 12.7. The van der Waals surface area contributed by atoms with Gasteiger partial charge in [0.25, 0.3) is 5.91 Å². The van der Waals surface area contributed by atoms with Crippen molar-refractivity contribution in [3.8, 4) is 0 Å². The standard InChI is InChI=1S/C13H21N3O/c1-4-11(5-2)10-16(6-3)13(17)12-9-14-7-8-15-12/h7-9,11H,4-6,10H2,1-3H3. The fourth-order valence-electron chi connectivity index (χ4n) is 1.79. The summed E-state index contributed by atoms with van der Waals surface area (Å²) in [7, 11) is 0. The van der Waals surface area contributed by atoms with Gasteiger partial charge in [0.05, 0.1) is 6.20 Å². The van der Waals surface area contributed by atoms with E-state index >= 15 is 0 Å². The number of carbonyl (C=O) groups excluding carboxylic acids is 1. The van der Waals surface area contributed by atoms with Gasteiger partial charge < -0.3 is 4.90 Å². The van der Waals surface area contributed by atoms with E-state index in [1.807, 2.05) is 11.8 Å². The third-order valence-electron chi connectivity index (χ3n) is 3.08. The molecule has 94 valence electrons. The van der Waals surface area contributed by atoms with Crippen LogP contribution in [-0.2, 0) is 0 Å². The highest BCUT2D eigenvalue weighted by Crippen LogP contribution is 2.11. The maximum Gasteiger partial charge on any atom is 0.274 e. The first kappa shape index (κ1) is 13.6. The molecule has 4 nitrogen and oxygen atoms in total. The molecule has 0 aliphatic heterocycles. The van der Waals surface area contributed by atoms with Gasteiger partial charge in [-0.3, -0.25) is 9.78 Å². The third-order valence-corrected chi connectivity index (χ3v) is 3.08. The summed E-state index contributed by atoms with van der Waals surface area (Å²) in [6, 6.07) is 0. The molecule has 0 atom stereocenters. The van der Waals surface area contributed by atoms with Gasteiger partial charge >= 0.3 is 0 Å². The highest BCUT2D eigenvalue weighted by Gasteiger charge is 2.18. The Bertz CT molecular complexity index is 336. The maximum atomic E-state index is 12.2. The molecule has 0 saturated carbocycles. The Hall–Kier alpha value is -1.45. The van der Waals surface area contributed by atoms with Gasteiger partial charge in [-0.25, -0.2) is 4.98 Å². The summed E-state index contributed by atoms with van der Waals surface area (Å²) in [5, 5.41) is 0. The minimum atomic E-state index is -0.0208. The summed E-state index contributed by atoms with van der Waals surface area (Å²) in [4.78, 5) is 22.0. The highest BCUT2D eigenvalue weighted by atomic mass is 16.2. The number of aromatic nitrogens is 2. The van der Waals surface area contributed by atoms with Gasteiger partial charge in [-0.1, -0.05) is 26.7 Å². The number of amides is 1. The quantitative estimate of drug-likeness (QED) is 0.760. The second-order valence-electron chi connectivity index (χ2n) is 4.12. The maximum absolute atomic E-state index is 12.2. The molecule has 17 heavy (non-hydrogen) atoms. The molecule has 4 heteroatoms. The zero-order valence-corrected chi connectivity index (χ0v) is 10.9. The molecule has 0 N–H and O–H groups in total. The molecule has 0 saturated heterocycles. The van der Waals surface area contributed by atoms with Gasteiger partial charge in [-0.05, 0) is 12.8 Å². The lowest BCUT2D eigenvalue weighted by Gasteiger charge is -2.24. The van der Waals surface area contributed by atoms with Crippen LogP contribution in [0.3, 0.4) is 0 Å². The Morgan fingerprint density at radius 1 is 1.29 bits per heavy atom. The molecule has 0 bridgehead atoms. The smallest absolute Gasteiger partial charge is 0.274 e. The van der Waals surface area contributed by atoms with Crippen LogP contribution in [0.5, 0.6) is 0 Å². The van der Waals surface area contributed by atoms with Crippen LogP contribution in [0.2, 0.25) is 0 Å². The molecule has 0 aromatic carbocycles. The topological polar surface area (TPSA) is 46.1 Å². The van der Waals surface area contributed by atoms with Crippen molar-refractivity contribution in [3.63, 3.8) is 0 Å². The van der Waals surface area contributed by atoms with Crippen LogP contribution < -0.4 is 0 Å². The average Bonchev–Trinajstić information content (AvgIpc) is 2.40. The van der Waals surface area contributed by atoms with Crippen molar-refractivity contribution in [3.05, 3.63) is 24.3 Å². The molecule has 1 heterocycles. The van der Waals surface area contributed by atoms with Gasteiger partial charge in [0.1, 0.15) is 5.69 Å². The lowest BCUT2D eigenvalue weighted by atomic mass is 10.0. The summed E-state index contributed by atoms with van der Waals surface area (Å²) in [5.74, 6) is 0.545. The summed E-state index contributed by atoms with van der Waals surface area (Å²) >= 11 is 0. The van der Waals surface area contributed by atoms with Gasteiger partial charge in [0.15, 0.2) is 0 Å². The largest absolute Gasteiger partial charge is 0.337 e. The Labute approximate surface area is 103 Å². The molecule has 1 aromatic heterocycles. The average molecular weight is 235 g/mol. The monoisotopic (exact) mass is 235 g/mol. The van der Waals surface area contributed by atoms with Crippen molar-refractivity contribution < 1.29 is 4.79 Å². The SMILES string of the molecule is CCC(CC)CN(CC)C(=O)c1cnccn1. The molecular weight excluding hydrogens is 214 g/mol. The molecular formula is C13H21N3O. The third kappa shape index (κ3) is 3.80. The van der Waals surface area contributed by atoms with Gasteiger partial charge in [0.2, 0.25) is 0 Å². The predicted octanol–water partition coefficient (Wildman–Crippen LogP) is 2.37. The number of nitrogens with zero attached hydrogens (tertiary/aromatic N) is 3. The number of carbonyl (C=O) groups is 1. The molecule has 0 unspecified atom stereocenters. The van der Waals surface area contributed by atoms with Crippen LogP contribution in [0, 0.1) is 5.92 Å². The number of hydrogen-bond acceptors (Lipinski definition) is 3. The van der Waals surface area contributed by atoms with Crippen LogP contribution in [0.25, 0.3) is 0 Å². The minimum Gasteiger partial charge on any atom is -0.337 e. The van der Waals surface area contributed by atoms with Crippen LogP contribution in [-0.4, -0.2) is 33.9 Å². The molecule has 0 spiro atoms. The fourth-order valence-corrected chi connectivity index (χ4v) is 1.79. The van der Waals surface area contributed by atoms with E-state index in [4.69, 9.17) is 0 Å². The van der Waals surface area contributed by atoms with Gasteiger partial charge in [0, 0.05) is 25.5 Å². The highest BCUT2D eigenvalue weighted by molar-refractivity contribution is 5.91. The Morgan fingerprint density at radius 2 is 2.00 bits per heavy atom. The molecule has 0 fully saturated rings. The number of hydrogen-bond donors (Lipinski definition) is 0. The number of rotatable bonds is 6. The fraction of sp³-hybridized carbons (Fsp3) is 0.615. The normalized spacial score (nSPS) is 10.6. The first-order valence-electron chi connectivity index (χ1n) is 6.28. The van der Waals surface area contributed by atoms with E-state index in [9.17, 15) is 4.79 Å². The summed E-state index contributed by atoms with van der Waals surface area (Å²) < 4.78 is 0. The lowest BCUT2D eigenvalue weighted by Crippen LogP contribution is -2.35. The van der Waals surface area contributed by atoms with Crippen molar-refractivity contribution in [2.24, 2.45) is 5.92 Å². The van der Waals surface area contributed by atoms with Crippen LogP contribution in [0.15, 0.2) is 18.6 Å². The van der Waals surface area contributed by atoms with Crippen LogP contribution in [0.4, 0.5) is 0 Å². The Morgan fingerprint density at radius 3 is 2.47 bits per heavy atom. The molecule has 0 radical (unpaired) electrons. The van der Waals surface area contributed by atoms with Crippen molar-refractivity contribution in [1.82, 2.24) is 14.9 Å². The van der Waals surface area contributed by atoms with E-state index in [2.05, 4.69) is 23.8 Å². The Balaban J connectivity index is 2.71. The van der Waals surface area contributed by atoms with E-state index in [0.29, 0.717) is 18.2 Å². The lowest BCUT2D eigenvalue weighted by molar-refractivity contribution is 0.0728. The molecule has 1 rings (SSSR count). The molecule has 0 aliphatic carbocycles. The zero-order valence-electron chi connectivity index (χ0n) is 10.9. The second kappa shape index (κ2) is 6.99. The molecule has 0 aliphatic rings. The molecule has 1 aromatic rings. The van der Waals surface area contributed by atoms with E-state index in [1.165, 1.54) is 6.20 Å². The van der Waals surface area contributed by atoms with Crippen molar-refractivity contribution >= 4 is 5.91 Å². The Kier molecular flexibility index (Phi) is 5.60. The summed E-state index contributed by atoms with van der Waals surface area (Å²) in [6.07, 6.45) is 6.85. The van der Waals surface area contributed by atoms with Gasteiger partial charge in [-0.2, -0.15) is 0 Å². The van der Waals surface area contributed by atoms with Crippen molar-refractivity contribution in [2.45, 2.75) is 33.6 Å². The summed E-state index contributed by atoms with van der Waals surface area (Å²) in [6.45, 7) is 7.84. The van der Waals surface area contributed by atoms with Gasteiger partial charge in [-0.15, -0.1) is 0 Å². The van der Waals surface area contributed by atoms with E-state index in [-0.39, 0.29) is 5.91 Å².